The first-order valence-corrected chi connectivity index (χ1v) is 8.60. The number of aliphatic hydroxyl groups excluding tert-OH is 1. The van der Waals surface area contributed by atoms with Crippen LogP contribution in [-0.4, -0.2) is 39.2 Å². The van der Waals surface area contributed by atoms with Crippen molar-refractivity contribution in [3.63, 3.8) is 0 Å². The molecular weight excluding hydrogens is 346 g/mol. The summed E-state index contributed by atoms with van der Waals surface area (Å²) in [4.78, 5) is 19.9. The zero-order valence-electron chi connectivity index (χ0n) is 15.0. The highest BCUT2D eigenvalue weighted by Crippen LogP contribution is 2.29. The fourth-order valence-electron chi connectivity index (χ4n) is 3.16. The number of carbonyl (C=O) groups excluding carboxylic acids is 1. The molecule has 27 heavy (non-hydrogen) atoms. The van der Waals surface area contributed by atoms with E-state index in [1.165, 1.54) is 0 Å². The quantitative estimate of drug-likeness (QED) is 0.530. The normalized spacial score (nSPS) is 11.2. The summed E-state index contributed by atoms with van der Waals surface area (Å²) in [6, 6.07) is 11.1. The van der Waals surface area contributed by atoms with E-state index in [-0.39, 0.29) is 6.61 Å². The number of aromatic nitrogens is 3. The Hall–Kier alpha value is -3.32. The van der Waals surface area contributed by atoms with Crippen LogP contribution in [0.3, 0.4) is 0 Å². The van der Waals surface area contributed by atoms with Crippen LogP contribution in [-0.2, 0) is 11.3 Å². The Balaban J connectivity index is 1.84. The lowest BCUT2D eigenvalue weighted by molar-refractivity contribution is 0.0526. The van der Waals surface area contributed by atoms with Crippen LogP contribution in [0.2, 0.25) is 0 Å². The van der Waals surface area contributed by atoms with Gasteiger partial charge in [-0.05, 0) is 37.3 Å². The number of hydrogen-bond donors (Lipinski definition) is 2. The lowest BCUT2D eigenvalue weighted by Gasteiger charge is -2.03. The summed E-state index contributed by atoms with van der Waals surface area (Å²) in [6.45, 7) is 1.89. The highest BCUT2D eigenvalue weighted by atomic mass is 16.5. The largest absolute Gasteiger partial charge is 0.497 e. The Morgan fingerprint density at radius 3 is 2.85 bits per heavy atom. The van der Waals surface area contributed by atoms with Crippen LogP contribution < -0.4 is 4.74 Å². The molecule has 0 spiro atoms. The number of carbonyl (C=O) groups is 1. The monoisotopic (exact) mass is 365 g/mol. The zero-order valence-corrected chi connectivity index (χ0v) is 15.0. The van der Waals surface area contributed by atoms with Crippen LogP contribution in [0.5, 0.6) is 5.75 Å². The number of hydrogen-bond acceptors (Lipinski definition) is 5. The van der Waals surface area contributed by atoms with Gasteiger partial charge in [0.2, 0.25) is 0 Å². The Kier molecular flexibility index (Phi) is 4.29. The van der Waals surface area contributed by atoms with Gasteiger partial charge in [-0.3, -0.25) is 0 Å². The van der Waals surface area contributed by atoms with Gasteiger partial charge in [-0.1, -0.05) is 0 Å². The van der Waals surface area contributed by atoms with Crippen molar-refractivity contribution in [3.8, 4) is 17.1 Å². The number of nitrogens with zero attached hydrogens (tertiary/aromatic N) is 2. The molecule has 7 nitrogen and oxygen atoms in total. The van der Waals surface area contributed by atoms with Gasteiger partial charge in [-0.25, -0.2) is 9.78 Å². The molecule has 2 N–H and O–H groups in total. The maximum absolute atomic E-state index is 12.0. The van der Waals surface area contributed by atoms with E-state index < -0.39 is 5.97 Å². The van der Waals surface area contributed by atoms with E-state index in [4.69, 9.17) is 9.47 Å². The van der Waals surface area contributed by atoms with Crippen LogP contribution in [0.25, 0.3) is 27.9 Å². The number of esters is 1. The number of methoxy groups -OCH3 is 1. The summed E-state index contributed by atoms with van der Waals surface area (Å²) in [5.41, 5.74) is 3.96. The third-order valence-electron chi connectivity index (χ3n) is 4.47. The van der Waals surface area contributed by atoms with Gasteiger partial charge in [0.05, 0.1) is 37.3 Å². The smallest absolute Gasteiger partial charge is 0.338 e. The number of aliphatic hydroxyl groups is 1. The molecule has 0 amide bonds. The molecule has 0 saturated heterocycles. The number of imidazole rings is 1. The van der Waals surface area contributed by atoms with Gasteiger partial charge >= 0.3 is 5.97 Å². The van der Waals surface area contributed by atoms with Crippen molar-refractivity contribution < 1.29 is 19.4 Å². The third kappa shape index (κ3) is 2.92. The van der Waals surface area contributed by atoms with Crippen LogP contribution in [0.15, 0.2) is 42.6 Å². The van der Waals surface area contributed by atoms with Crippen LogP contribution >= 0.6 is 0 Å². The predicted molar refractivity (Wildman–Crippen MR) is 101 cm³/mol. The summed E-state index contributed by atoms with van der Waals surface area (Å²) in [7, 11) is 1.62. The van der Waals surface area contributed by atoms with Crippen molar-refractivity contribution in [2.75, 3.05) is 13.7 Å². The number of fused-ring (bicyclic) bond motifs is 2. The van der Waals surface area contributed by atoms with Crippen molar-refractivity contribution in [1.29, 1.82) is 0 Å². The average molecular weight is 365 g/mol. The minimum Gasteiger partial charge on any atom is -0.497 e. The molecule has 3 heterocycles. The number of ether oxygens (including phenoxy) is 2. The number of rotatable bonds is 5. The van der Waals surface area contributed by atoms with Gasteiger partial charge < -0.3 is 24.0 Å². The van der Waals surface area contributed by atoms with Crippen LogP contribution in [0.1, 0.15) is 23.0 Å². The van der Waals surface area contributed by atoms with Crippen molar-refractivity contribution in [3.05, 3.63) is 53.9 Å². The fourth-order valence-corrected chi connectivity index (χ4v) is 3.16. The number of pyridine rings is 1. The minimum atomic E-state index is -0.396. The summed E-state index contributed by atoms with van der Waals surface area (Å²) in [6.07, 6.45) is 1.72. The molecule has 0 saturated carbocycles. The molecule has 3 aromatic heterocycles. The van der Waals surface area contributed by atoms with E-state index in [0.717, 1.165) is 22.3 Å². The SMILES string of the molecule is CCOC(=O)c1ccn2c(CO)c(-c3cc4ccc(OC)cc4[nH]3)nc2c1. The molecule has 4 rings (SSSR count). The standard InChI is InChI=1S/C20H19N3O4/c1-3-27-20(25)13-6-7-23-17(11-24)19(22-18(23)9-13)16-8-12-4-5-14(26-2)10-15(12)21-16/h4-10,21,24H,3,11H2,1-2H3. The first-order valence-electron chi connectivity index (χ1n) is 8.60. The second-order valence-corrected chi connectivity index (χ2v) is 6.07. The maximum atomic E-state index is 12.0. The summed E-state index contributed by atoms with van der Waals surface area (Å²) >= 11 is 0. The molecule has 0 aliphatic carbocycles. The lowest BCUT2D eigenvalue weighted by atomic mass is 10.2. The molecule has 0 radical (unpaired) electrons. The first-order chi connectivity index (χ1) is 13.1. The van der Waals surface area contributed by atoms with E-state index in [1.54, 1.807) is 36.8 Å². The molecule has 0 aliphatic rings. The van der Waals surface area contributed by atoms with Crippen molar-refractivity contribution in [2.24, 2.45) is 0 Å². The van der Waals surface area contributed by atoms with Gasteiger partial charge in [0, 0.05) is 23.2 Å². The van der Waals surface area contributed by atoms with Gasteiger partial charge in [0.15, 0.2) is 0 Å². The summed E-state index contributed by atoms with van der Waals surface area (Å²) < 4.78 is 12.1. The van der Waals surface area contributed by atoms with E-state index in [9.17, 15) is 9.90 Å². The van der Waals surface area contributed by atoms with Crippen molar-refractivity contribution >= 4 is 22.5 Å². The minimum absolute atomic E-state index is 0.187. The molecule has 4 aromatic rings. The lowest BCUT2D eigenvalue weighted by Crippen LogP contribution is -2.05. The number of H-pyrrole nitrogens is 1. The molecule has 0 atom stereocenters. The molecule has 0 fully saturated rings. The average Bonchev–Trinajstić information content (AvgIpc) is 3.27. The van der Waals surface area contributed by atoms with Crippen molar-refractivity contribution in [2.45, 2.75) is 13.5 Å². The molecule has 0 unspecified atom stereocenters. The number of benzene rings is 1. The third-order valence-corrected chi connectivity index (χ3v) is 4.47. The van der Waals surface area contributed by atoms with E-state index >= 15 is 0 Å². The molecule has 0 aliphatic heterocycles. The second-order valence-electron chi connectivity index (χ2n) is 6.07. The number of aromatic amines is 1. The topological polar surface area (TPSA) is 88.9 Å². The molecule has 0 bridgehead atoms. The zero-order chi connectivity index (χ0) is 19.0. The predicted octanol–water partition coefficient (Wildman–Crippen LogP) is 3.16. The van der Waals surface area contributed by atoms with E-state index in [1.807, 2.05) is 24.3 Å². The van der Waals surface area contributed by atoms with Gasteiger partial charge in [-0.15, -0.1) is 0 Å². The van der Waals surface area contributed by atoms with Crippen molar-refractivity contribution in [1.82, 2.24) is 14.4 Å². The van der Waals surface area contributed by atoms with E-state index in [0.29, 0.717) is 29.2 Å². The summed E-state index contributed by atoms with van der Waals surface area (Å²) in [5, 5.41) is 10.9. The van der Waals surface area contributed by atoms with Gasteiger partial charge in [-0.2, -0.15) is 0 Å². The first kappa shape index (κ1) is 17.1. The molecule has 7 heteroatoms. The van der Waals surface area contributed by atoms with Gasteiger partial charge in [0.25, 0.3) is 0 Å². The van der Waals surface area contributed by atoms with Crippen LogP contribution in [0.4, 0.5) is 0 Å². The second kappa shape index (κ2) is 6.77. The Morgan fingerprint density at radius 1 is 1.26 bits per heavy atom. The van der Waals surface area contributed by atoms with E-state index in [2.05, 4.69) is 9.97 Å². The highest BCUT2D eigenvalue weighted by molar-refractivity contribution is 5.91. The molecule has 1 aromatic carbocycles. The Labute approximate surface area is 155 Å². The molecule has 138 valence electrons. The highest BCUT2D eigenvalue weighted by Gasteiger charge is 2.17. The fraction of sp³-hybridized carbons (Fsp3) is 0.200. The maximum Gasteiger partial charge on any atom is 0.338 e. The Morgan fingerprint density at radius 2 is 2.11 bits per heavy atom. The van der Waals surface area contributed by atoms with Crippen LogP contribution in [0, 0.1) is 0 Å². The Bertz CT molecular complexity index is 1140. The van der Waals surface area contributed by atoms with Gasteiger partial charge in [0.1, 0.15) is 17.1 Å². The number of nitrogens with one attached hydrogen (secondary N) is 1. The molecular formula is C20H19N3O4. The summed E-state index contributed by atoms with van der Waals surface area (Å²) in [5.74, 6) is 0.361.